The summed E-state index contributed by atoms with van der Waals surface area (Å²) in [5, 5.41) is 8.64. The molecule has 122 valence electrons. The van der Waals surface area contributed by atoms with Gasteiger partial charge in [0, 0.05) is 6.42 Å². The van der Waals surface area contributed by atoms with Crippen molar-refractivity contribution in [2.75, 3.05) is 4.72 Å². The number of nitrogens with one attached hydrogen (secondary N) is 1. The molecule has 0 aliphatic rings. The van der Waals surface area contributed by atoms with E-state index in [-0.39, 0.29) is 11.3 Å². The third kappa shape index (κ3) is 4.53. The average molecular weight is 337 g/mol. The van der Waals surface area contributed by atoms with Crippen molar-refractivity contribution >= 4 is 21.7 Å². The zero-order valence-electron chi connectivity index (χ0n) is 12.4. The fourth-order valence-corrected chi connectivity index (χ4v) is 3.16. The summed E-state index contributed by atoms with van der Waals surface area (Å²) in [6.07, 6.45) is 0.319. The summed E-state index contributed by atoms with van der Waals surface area (Å²) in [6, 6.07) is 9.77. The Labute approximate surface area is 133 Å². The van der Waals surface area contributed by atoms with E-state index >= 15 is 0 Å². The van der Waals surface area contributed by atoms with E-state index in [0.717, 1.165) is 5.56 Å². The third-order valence-electron chi connectivity index (χ3n) is 3.29. The number of anilines is 1. The third-order valence-corrected chi connectivity index (χ3v) is 4.68. The average Bonchev–Trinajstić information content (AvgIpc) is 2.48. The van der Waals surface area contributed by atoms with Crippen LogP contribution in [-0.2, 0) is 21.2 Å². The monoisotopic (exact) mass is 337 g/mol. The number of aliphatic carboxylic acids is 1. The lowest BCUT2D eigenvalue weighted by molar-refractivity contribution is -0.136. The van der Waals surface area contributed by atoms with Crippen LogP contribution in [0.25, 0.3) is 0 Å². The van der Waals surface area contributed by atoms with Crippen LogP contribution in [0.15, 0.2) is 47.4 Å². The molecule has 23 heavy (non-hydrogen) atoms. The van der Waals surface area contributed by atoms with Crippen molar-refractivity contribution in [1.82, 2.24) is 0 Å². The molecule has 2 aromatic rings. The number of rotatable bonds is 6. The fourth-order valence-electron chi connectivity index (χ4n) is 2.03. The molecule has 0 saturated heterocycles. The topological polar surface area (TPSA) is 83.5 Å². The van der Waals surface area contributed by atoms with Gasteiger partial charge in [0.1, 0.15) is 5.82 Å². The van der Waals surface area contributed by atoms with Gasteiger partial charge in [-0.3, -0.25) is 9.52 Å². The molecule has 0 heterocycles. The normalized spacial score (nSPS) is 11.2. The van der Waals surface area contributed by atoms with E-state index in [0.29, 0.717) is 17.7 Å². The van der Waals surface area contributed by atoms with Gasteiger partial charge in [0.05, 0.1) is 10.6 Å². The molecule has 0 radical (unpaired) electrons. The number of carbonyl (C=O) groups is 1. The van der Waals surface area contributed by atoms with Crippen molar-refractivity contribution in [3.8, 4) is 0 Å². The minimum atomic E-state index is -3.79. The van der Waals surface area contributed by atoms with Gasteiger partial charge in [-0.25, -0.2) is 12.8 Å². The Morgan fingerprint density at radius 3 is 2.39 bits per heavy atom. The van der Waals surface area contributed by atoms with Crippen LogP contribution in [-0.4, -0.2) is 19.5 Å². The molecule has 0 unspecified atom stereocenters. The van der Waals surface area contributed by atoms with Crippen molar-refractivity contribution in [2.24, 2.45) is 0 Å². The van der Waals surface area contributed by atoms with Gasteiger partial charge in [-0.1, -0.05) is 12.1 Å². The molecule has 5 nitrogen and oxygen atoms in total. The van der Waals surface area contributed by atoms with Gasteiger partial charge < -0.3 is 5.11 Å². The molecule has 2 N–H and O–H groups in total. The summed E-state index contributed by atoms with van der Waals surface area (Å²) >= 11 is 0. The summed E-state index contributed by atoms with van der Waals surface area (Å²) in [5.41, 5.74) is 1.53. The van der Waals surface area contributed by atoms with Crippen LogP contribution in [0.2, 0.25) is 0 Å². The van der Waals surface area contributed by atoms with Crippen LogP contribution in [0.4, 0.5) is 10.1 Å². The second kappa shape index (κ2) is 6.78. The molecular formula is C16H16FNO4S. The number of hydrogen-bond donors (Lipinski definition) is 2. The summed E-state index contributed by atoms with van der Waals surface area (Å²) in [4.78, 5) is 10.6. The number of hydrogen-bond acceptors (Lipinski definition) is 3. The number of aryl methyl sites for hydroxylation is 2. The summed E-state index contributed by atoms with van der Waals surface area (Å²) in [6.45, 7) is 1.61. The molecule has 0 bridgehead atoms. The first kappa shape index (κ1) is 17.0. The highest BCUT2D eigenvalue weighted by Crippen LogP contribution is 2.21. The summed E-state index contributed by atoms with van der Waals surface area (Å²) in [7, 11) is -3.79. The molecule has 2 aromatic carbocycles. The maximum atomic E-state index is 13.1. The van der Waals surface area contributed by atoms with Crippen LogP contribution in [0.5, 0.6) is 0 Å². The van der Waals surface area contributed by atoms with Crippen molar-refractivity contribution in [3.05, 3.63) is 59.4 Å². The first-order valence-corrected chi connectivity index (χ1v) is 8.36. The molecule has 0 spiro atoms. The number of halogens is 1. The highest BCUT2D eigenvalue weighted by molar-refractivity contribution is 7.92. The van der Waals surface area contributed by atoms with E-state index in [2.05, 4.69) is 4.72 Å². The molecule has 0 saturated carbocycles. The lowest BCUT2D eigenvalue weighted by Crippen LogP contribution is -2.14. The van der Waals surface area contributed by atoms with Crippen molar-refractivity contribution in [3.63, 3.8) is 0 Å². The predicted octanol–water partition coefficient (Wildman–Crippen LogP) is 2.95. The van der Waals surface area contributed by atoms with Gasteiger partial charge in [-0.2, -0.15) is 0 Å². The number of sulfonamides is 1. The fraction of sp³-hybridized carbons (Fsp3) is 0.188. The standard InChI is InChI=1S/C16H16FNO4S/c1-11-10-13(17)5-8-15(11)18-23(21,22)14-6-2-12(3-7-14)4-9-16(19)20/h2-3,5-8,10,18H,4,9H2,1H3,(H,19,20). The zero-order chi connectivity index (χ0) is 17.0. The Morgan fingerprint density at radius 1 is 1.17 bits per heavy atom. The Kier molecular flexibility index (Phi) is 5.00. The Bertz CT molecular complexity index is 816. The quantitative estimate of drug-likeness (QED) is 0.849. The molecule has 2 rings (SSSR count). The molecule has 7 heteroatoms. The number of carboxylic acids is 1. The molecular weight excluding hydrogens is 321 g/mol. The number of benzene rings is 2. The van der Waals surface area contributed by atoms with E-state index in [1.165, 1.54) is 30.3 Å². The highest BCUT2D eigenvalue weighted by atomic mass is 32.2. The first-order valence-electron chi connectivity index (χ1n) is 6.87. The van der Waals surface area contributed by atoms with Gasteiger partial charge in [0.25, 0.3) is 10.0 Å². The second-order valence-corrected chi connectivity index (χ2v) is 6.78. The summed E-state index contributed by atoms with van der Waals surface area (Å²) < 4.78 is 40.1. The molecule has 0 aliphatic carbocycles. The van der Waals surface area contributed by atoms with Crippen LogP contribution in [0.1, 0.15) is 17.5 Å². The lowest BCUT2D eigenvalue weighted by atomic mass is 10.1. The van der Waals surface area contributed by atoms with Crippen molar-refractivity contribution in [1.29, 1.82) is 0 Å². The molecule has 0 aromatic heterocycles. The maximum Gasteiger partial charge on any atom is 0.303 e. The maximum absolute atomic E-state index is 13.1. The van der Waals surface area contributed by atoms with Crippen molar-refractivity contribution < 1.29 is 22.7 Å². The van der Waals surface area contributed by atoms with Gasteiger partial charge in [-0.15, -0.1) is 0 Å². The zero-order valence-corrected chi connectivity index (χ0v) is 13.2. The van der Waals surface area contributed by atoms with E-state index < -0.39 is 21.8 Å². The largest absolute Gasteiger partial charge is 0.481 e. The van der Waals surface area contributed by atoms with Crippen molar-refractivity contribution in [2.45, 2.75) is 24.7 Å². The van der Waals surface area contributed by atoms with E-state index in [4.69, 9.17) is 5.11 Å². The van der Waals surface area contributed by atoms with Crippen LogP contribution in [0, 0.1) is 12.7 Å². The van der Waals surface area contributed by atoms with Gasteiger partial charge in [0.2, 0.25) is 0 Å². The first-order chi connectivity index (χ1) is 10.8. The predicted molar refractivity (Wildman–Crippen MR) is 84.3 cm³/mol. The van der Waals surface area contributed by atoms with Gasteiger partial charge >= 0.3 is 5.97 Å². The summed E-state index contributed by atoms with van der Waals surface area (Å²) in [5.74, 6) is -1.34. The number of carboxylic acid groups (broad SMARTS) is 1. The molecule has 0 aliphatic heterocycles. The van der Waals surface area contributed by atoms with Gasteiger partial charge in [0.15, 0.2) is 0 Å². The Balaban J connectivity index is 2.17. The van der Waals surface area contributed by atoms with E-state index in [1.807, 2.05) is 0 Å². The molecule has 0 amide bonds. The smallest absolute Gasteiger partial charge is 0.303 e. The second-order valence-electron chi connectivity index (χ2n) is 5.10. The minimum absolute atomic E-state index is 0.0148. The van der Waals surface area contributed by atoms with E-state index in [1.54, 1.807) is 19.1 Å². The molecule has 0 fully saturated rings. The van der Waals surface area contributed by atoms with Crippen LogP contribution >= 0.6 is 0 Å². The highest BCUT2D eigenvalue weighted by Gasteiger charge is 2.15. The minimum Gasteiger partial charge on any atom is -0.481 e. The Morgan fingerprint density at radius 2 is 1.83 bits per heavy atom. The van der Waals surface area contributed by atoms with Crippen LogP contribution in [0.3, 0.4) is 0 Å². The lowest BCUT2D eigenvalue weighted by Gasteiger charge is -2.11. The SMILES string of the molecule is Cc1cc(F)ccc1NS(=O)(=O)c1ccc(CCC(=O)O)cc1. The van der Waals surface area contributed by atoms with Gasteiger partial charge in [-0.05, 0) is 54.8 Å². The van der Waals surface area contributed by atoms with Crippen LogP contribution < -0.4 is 4.72 Å². The van der Waals surface area contributed by atoms with E-state index in [9.17, 15) is 17.6 Å². The molecule has 0 atom stereocenters. The Hall–Kier alpha value is -2.41.